The number of rotatable bonds is 4. The summed E-state index contributed by atoms with van der Waals surface area (Å²) in [5.41, 5.74) is 1.04. The highest BCUT2D eigenvalue weighted by Crippen LogP contribution is 2.17. The van der Waals surface area contributed by atoms with E-state index in [1.54, 1.807) is 19.4 Å². The summed E-state index contributed by atoms with van der Waals surface area (Å²) in [5, 5.41) is 6.12. The Kier molecular flexibility index (Phi) is 3.88. The normalized spacial score (nSPS) is 11.9. The average molecular weight is 265 g/mol. The molecule has 0 aliphatic rings. The smallest absolute Gasteiger partial charge is 0.229 e. The van der Waals surface area contributed by atoms with Crippen molar-refractivity contribution in [1.29, 1.82) is 0 Å². The monoisotopic (exact) mass is 264 g/mol. The van der Waals surface area contributed by atoms with E-state index in [0.29, 0.717) is 11.9 Å². The summed E-state index contributed by atoms with van der Waals surface area (Å²) in [5.74, 6) is 0.853. The lowest BCUT2D eigenvalue weighted by Gasteiger charge is -2.14. The van der Waals surface area contributed by atoms with Crippen molar-refractivity contribution in [2.45, 2.75) is 13.0 Å². The average Bonchev–Trinajstić information content (AvgIpc) is 2.39. The Bertz CT molecular complexity index is 518. The molecule has 2 aromatic rings. The van der Waals surface area contributed by atoms with E-state index in [4.69, 9.17) is 11.6 Å². The molecule has 1 atom stereocenters. The van der Waals surface area contributed by atoms with Crippen LogP contribution in [0.2, 0.25) is 5.28 Å². The van der Waals surface area contributed by atoms with E-state index in [9.17, 15) is 0 Å². The van der Waals surface area contributed by atoms with E-state index in [1.807, 2.05) is 19.1 Å². The summed E-state index contributed by atoms with van der Waals surface area (Å²) >= 11 is 5.80. The van der Waals surface area contributed by atoms with E-state index in [-0.39, 0.29) is 11.3 Å². The molecular weight excluding hydrogens is 252 g/mol. The van der Waals surface area contributed by atoms with Crippen LogP contribution in [0.25, 0.3) is 0 Å². The number of hydrogen-bond donors (Lipinski definition) is 2. The van der Waals surface area contributed by atoms with Gasteiger partial charge in [-0.15, -0.1) is 0 Å². The maximum Gasteiger partial charge on any atom is 0.229 e. The zero-order chi connectivity index (χ0) is 13.0. The van der Waals surface area contributed by atoms with Crippen molar-refractivity contribution in [2.24, 2.45) is 0 Å². The second kappa shape index (κ2) is 5.59. The molecule has 0 saturated carbocycles. The lowest BCUT2D eigenvalue weighted by atomic mass is 10.1. The Morgan fingerprint density at radius 2 is 2.00 bits per heavy atom. The summed E-state index contributed by atoms with van der Waals surface area (Å²) in [6, 6.07) is 3.89. The van der Waals surface area contributed by atoms with Crippen molar-refractivity contribution >= 4 is 23.5 Å². The van der Waals surface area contributed by atoms with Crippen LogP contribution in [-0.2, 0) is 0 Å². The number of hydrogen-bond acceptors (Lipinski definition) is 6. The molecule has 0 bridgehead atoms. The number of nitrogens with one attached hydrogen (secondary N) is 2. The van der Waals surface area contributed by atoms with Crippen molar-refractivity contribution in [3.8, 4) is 0 Å². The van der Waals surface area contributed by atoms with E-state index >= 15 is 0 Å². The predicted molar refractivity (Wildman–Crippen MR) is 70.7 cm³/mol. The van der Waals surface area contributed by atoms with Gasteiger partial charge < -0.3 is 10.6 Å². The quantitative estimate of drug-likeness (QED) is 0.881. The van der Waals surface area contributed by atoms with Gasteiger partial charge in [-0.05, 0) is 30.2 Å². The van der Waals surface area contributed by atoms with Gasteiger partial charge in [0.1, 0.15) is 0 Å². The van der Waals surface area contributed by atoms with Gasteiger partial charge in [0, 0.05) is 19.4 Å². The third-order valence-corrected chi connectivity index (χ3v) is 2.53. The first-order chi connectivity index (χ1) is 8.69. The fourth-order valence-electron chi connectivity index (χ4n) is 1.44. The van der Waals surface area contributed by atoms with Crippen LogP contribution in [0, 0.1) is 0 Å². The maximum absolute atomic E-state index is 5.80. The minimum absolute atomic E-state index is 0.0295. The number of aromatic nitrogens is 4. The molecule has 2 aromatic heterocycles. The topological polar surface area (TPSA) is 75.6 Å². The molecule has 0 saturated heterocycles. The van der Waals surface area contributed by atoms with Crippen molar-refractivity contribution in [3.05, 3.63) is 35.4 Å². The fourth-order valence-corrected chi connectivity index (χ4v) is 1.60. The largest absolute Gasteiger partial charge is 0.357 e. The van der Waals surface area contributed by atoms with Crippen LogP contribution in [0.5, 0.6) is 0 Å². The fraction of sp³-hybridized carbons (Fsp3) is 0.273. The van der Waals surface area contributed by atoms with E-state index in [0.717, 1.165) is 5.56 Å². The van der Waals surface area contributed by atoms with Gasteiger partial charge in [0.25, 0.3) is 0 Å². The summed E-state index contributed by atoms with van der Waals surface area (Å²) in [6.45, 7) is 1.99. The molecule has 94 valence electrons. The van der Waals surface area contributed by atoms with Crippen molar-refractivity contribution in [2.75, 3.05) is 17.7 Å². The molecule has 2 N–H and O–H groups in total. The van der Waals surface area contributed by atoms with Crippen molar-refractivity contribution < 1.29 is 0 Å². The van der Waals surface area contributed by atoms with Gasteiger partial charge in [0.15, 0.2) is 0 Å². The Morgan fingerprint density at radius 1 is 1.22 bits per heavy atom. The van der Waals surface area contributed by atoms with E-state index in [1.165, 1.54) is 0 Å². The van der Waals surface area contributed by atoms with Crippen LogP contribution < -0.4 is 10.6 Å². The minimum atomic E-state index is 0.0295. The SMILES string of the molecule is CNc1nc(Cl)nc(NC(C)c2cccnc2)n1. The lowest BCUT2D eigenvalue weighted by molar-refractivity contribution is 0.848. The number of nitrogens with zero attached hydrogens (tertiary/aromatic N) is 4. The number of pyridine rings is 1. The molecule has 18 heavy (non-hydrogen) atoms. The third-order valence-electron chi connectivity index (χ3n) is 2.36. The van der Waals surface area contributed by atoms with Gasteiger partial charge in [-0.25, -0.2) is 0 Å². The Hall–Kier alpha value is -1.95. The van der Waals surface area contributed by atoms with Crippen LogP contribution in [0.1, 0.15) is 18.5 Å². The molecule has 0 aliphatic heterocycles. The number of anilines is 2. The Morgan fingerprint density at radius 3 is 2.67 bits per heavy atom. The molecule has 6 nitrogen and oxygen atoms in total. The van der Waals surface area contributed by atoms with Gasteiger partial charge in [-0.1, -0.05) is 6.07 Å². The van der Waals surface area contributed by atoms with Crippen LogP contribution >= 0.6 is 11.6 Å². The molecule has 7 heteroatoms. The highest BCUT2D eigenvalue weighted by atomic mass is 35.5. The van der Waals surface area contributed by atoms with Crippen molar-refractivity contribution in [3.63, 3.8) is 0 Å². The van der Waals surface area contributed by atoms with Crippen LogP contribution in [0.4, 0.5) is 11.9 Å². The zero-order valence-electron chi connectivity index (χ0n) is 10.1. The first-order valence-corrected chi connectivity index (χ1v) is 5.82. The molecule has 0 radical (unpaired) electrons. The predicted octanol–water partition coefficient (Wildman–Crippen LogP) is 2.13. The van der Waals surface area contributed by atoms with E-state index < -0.39 is 0 Å². The minimum Gasteiger partial charge on any atom is -0.357 e. The number of halogens is 1. The van der Waals surface area contributed by atoms with Crippen molar-refractivity contribution in [1.82, 2.24) is 19.9 Å². The standard InChI is InChI=1S/C11H13ClN6/c1-7(8-4-3-5-14-6-8)15-11-17-9(12)16-10(13-2)18-11/h3-7H,1-2H3,(H2,13,15,16,17,18). The summed E-state index contributed by atoms with van der Waals surface area (Å²) < 4.78 is 0. The van der Waals surface area contributed by atoms with Gasteiger partial charge in [-0.2, -0.15) is 15.0 Å². The maximum atomic E-state index is 5.80. The van der Waals surface area contributed by atoms with Crippen LogP contribution in [-0.4, -0.2) is 27.0 Å². The zero-order valence-corrected chi connectivity index (χ0v) is 10.8. The second-order valence-corrected chi connectivity index (χ2v) is 3.99. The first-order valence-electron chi connectivity index (χ1n) is 5.45. The highest BCUT2D eigenvalue weighted by Gasteiger charge is 2.09. The third kappa shape index (κ3) is 3.04. The Labute approximate surface area is 110 Å². The second-order valence-electron chi connectivity index (χ2n) is 3.65. The van der Waals surface area contributed by atoms with Crippen LogP contribution in [0.3, 0.4) is 0 Å². The molecule has 0 aliphatic carbocycles. The molecule has 0 aromatic carbocycles. The molecule has 0 amide bonds. The van der Waals surface area contributed by atoms with Gasteiger partial charge >= 0.3 is 0 Å². The first kappa shape index (κ1) is 12.5. The Balaban J connectivity index is 2.16. The summed E-state index contributed by atoms with van der Waals surface area (Å²) in [7, 11) is 1.72. The highest BCUT2D eigenvalue weighted by molar-refractivity contribution is 6.28. The molecule has 2 heterocycles. The molecular formula is C11H13ClN6. The van der Waals surface area contributed by atoms with Crippen LogP contribution in [0.15, 0.2) is 24.5 Å². The molecule has 2 rings (SSSR count). The lowest BCUT2D eigenvalue weighted by Crippen LogP contribution is -2.11. The molecule has 0 spiro atoms. The van der Waals surface area contributed by atoms with Gasteiger partial charge in [0.2, 0.25) is 17.2 Å². The van der Waals surface area contributed by atoms with E-state index in [2.05, 4.69) is 30.6 Å². The van der Waals surface area contributed by atoms with Gasteiger partial charge in [-0.3, -0.25) is 4.98 Å². The van der Waals surface area contributed by atoms with Gasteiger partial charge in [0.05, 0.1) is 6.04 Å². The summed E-state index contributed by atoms with van der Waals surface area (Å²) in [6.07, 6.45) is 3.52. The summed E-state index contributed by atoms with van der Waals surface area (Å²) in [4.78, 5) is 16.2. The molecule has 0 fully saturated rings. The molecule has 1 unspecified atom stereocenters.